The summed E-state index contributed by atoms with van der Waals surface area (Å²) in [6, 6.07) is 22.7. The minimum Gasteiger partial charge on any atom is -0.380 e. The van der Waals surface area contributed by atoms with Crippen LogP contribution in [0.1, 0.15) is 36.0 Å². The quantitative estimate of drug-likeness (QED) is 0.334. The number of hydrogen-bond acceptors (Lipinski definition) is 6. The number of benzene rings is 3. The highest BCUT2D eigenvalue weighted by atomic mass is 32.2. The van der Waals surface area contributed by atoms with Gasteiger partial charge in [0, 0.05) is 49.7 Å². The number of rotatable bonds is 9. The minimum absolute atomic E-state index is 0.150. The fourth-order valence-corrected chi connectivity index (χ4v) is 6.27. The van der Waals surface area contributed by atoms with Crippen molar-refractivity contribution in [2.24, 2.45) is 5.92 Å². The number of amides is 1. The number of anilines is 2. The first-order valence-corrected chi connectivity index (χ1v) is 15.4. The van der Waals surface area contributed by atoms with Gasteiger partial charge in [-0.2, -0.15) is 0 Å². The first-order chi connectivity index (χ1) is 19.5. The molecule has 2 fully saturated rings. The lowest BCUT2D eigenvalue weighted by molar-refractivity contribution is -0.110. The van der Waals surface area contributed by atoms with E-state index in [1.165, 1.54) is 5.56 Å². The van der Waals surface area contributed by atoms with Crippen molar-refractivity contribution < 1.29 is 17.9 Å². The van der Waals surface area contributed by atoms with Gasteiger partial charge in [0.25, 0.3) is 5.91 Å². The Morgan fingerprint density at radius 3 is 2.55 bits per heavy atom. The average Bonchev–Trinajstić information content (AvgIpc) is 3.78. The number of hydrogen-bond donors (Lipinski definition) is 3. The van der Waals surface area contributed by atoms with Gasteiger partial charge in [-0.1, -0.05) is 42.5 Å². The fraction of sp³-hybridized carbons (Fsp3) is 0.323. The summed E-state index contributed by atoms with van der Waals surface area (Å²) >= 11 is 0. The molecule has 1 aliphatic carbocycles. The minimum atomic E-state index is -3.69. The lowest BCUT2D eigenvalue weighted by Crippen LogP contribution is -2.25. The molecule has 0 aromatic heterocycles. The van der Waals surface area contributed by atoms with Crippen LogP contribution in [0.25, 0.3) is 11.3 Å². The predicted octanol–water partition coefficient (Wildman–Crippen LogP) is 4.53. The van der Waals surface area contributed by atoms with Gasteiger partial charge in [-0.25, -0.2) is 13.1 Å². The van der Waals surface area contributed by atoms with Gasteiger partial charge in [0.2, 0.25) is 10.0 Å². The van der Waals surface area contributed by atoms with Crippen molar-refractivity contribution in [2.75, 3.05) is 43.5 Å². The molecule has 3 aromatic rings. The van der Waals surface area contributed by atoms with Crippen LogP contribution in [0.15, 0.2) is 77.7 Å². The topological polar surface area (TPSA) is 99.8 Å². The molecule has 3 aliphatic rings. The number of ether oxygens (including phenoxy) is 1. The van der Waals surface area contributed by atoms with Crippen molar-refractivity contribution in [3.63, 3.8) is 0 Å². The third kappa shape index (κ3) is 6.13. The van der Waals surface area contributed by atoms with Gasteiger partial charge in [-0.3, -0.25) is 9.69 Å². The normalized spacial score (nSPS) is 19.1. The molecule has 0 bridgehead atoms. The van der Waals surface area contributed by atoms with E-state index >= 15 is 0 Å². The van der Waals surface area contributed by atoms with Crippen molar-refractivity contribution in [3.8, 4) is 0 Å². The zero-order valence-corrected chi connectivity index (χ0v) is 23.2. The first kappa shape index (κ1) is 26.7. The zero-order chi connectivity index (χ0) is 27.5. The van der Waals surface area contributed by atoms with Crippen LogP contribution in [0.5, 0.6) is 0 Å². The molecule has 9 heteroatoms. The molecule has 0 atom stereocenters. The lowest BCUT2D eigenvalue weighted by Gasteiger charge is -2.19. The molecule has 40 heavy (non-hydrogen) atoms. The molecule has 0 spiro atoms. The molecule has 6 rings (SSSR count). The van der Waals surface area contributed by atoms with Crippen LogP contribution in [-0.4, -0.2) is 52.1 Å². The maximum atomic E-state index is 13.3. The Kier molecular flexibility index (Phi) is 7.71. The van der Waals surface area contributed by atoms with Crippen LogP contribution < -0.4 is 15.4 Å². The highest BCUT2D eigenvalue weighted by Crippen LogP contribution is 2.39. The maximum Gasteiger partial charge on any atom is 0.258 e. The van der Waals surface area contributed by atoms with Crippen LogP contribution in [0.3, 0.4) is 0 Å². The van der Waals surface area contributed by atoms with E-state index in [0.717, 1.165) is 63.4 Å². The third-order valence-corrected chi connectivity index (χ3v) is 8.98. The van der Waals surface area contributed by atoms with Crippen LogP contribution in [-0.2, 0) is 26.1 Å². The van der Waals surface area contributed by atoms with Crippen LogP contribution in [0, 0.1) is 5.92 Å². The number of fused-ring (bicyclic) bond motifs is 1. The molecule has 2 heterocycles. The Labute approximate surface area is 235 Å². The second-order valence-corrected chi connectivity index (χ2v) is 12.4. The lowest BCUT2D eigenvalue weighted by atomic mass is 10.00. The smallest absolute Gasteiger partial charge is 0.258 e. The number of carbonyl (C=O) groups is 1. The van der Waals surface area contributed by atoms with E-state index in [2.05, 4.69) is 32.4 Å². The molecule has 1 saturated heterocycles. The number of nitrogens with zero attached hydrogens (tertiary/aromatic N) is 1. The summed E-state index contributed by atoms with van der Waals surface area (Å²) in [4.78, 5) is 15.9. The van der Waals surface area contributed by atoms with Gasteiger partial charge >= 0.3 is 0 Å². The van der Waals surface area contributed by atoms with Gasteiger partial charge in [0.05, 0.1) is 22.8 Å². The van der Waals surface area contributed by atoms with Gasteiger partial charge in [-0.15, -0.1) is 0 Å². The van der Waals surface area contributed by atoms with Crippen molar-refractivity contribution >= 4 is 38.6 Å². The van der Waals surface area contributed by atoms with E-state index in [0.29, 0.717) is 35.0 Å². The van der Waals surface area contributed by atoms with Gasteiger partial charge in [-0.05, 0) is 66.6 Å². The highest BCUT2D eigenvalue weighted by molar-refractivity contribution is 7.89. The maximum absolute atomic E-state index is 13.3. The Balaban J connectivity index is 1.32. The highest BCUT2D eigenvalue weighted by Gasteiger charge is 2.31. The van der Waals surface area contributed by atoms with Gasteiger partial charge in [0.1, 0.15) is 0 Å². The number of nitrogens with one attached hydrogen (secondary N) is 3. The molecule has 1 saturated carbocycles. The predicted molar refractivity (Wildman–Crippen MR) is 157 cm³/mol. The Morgan fingerprint density at radius 1 is 0.975 bits per heavy atom. The summed E-state index contributed by atoms with van der Waals surface area (Å²) in [6.45, 7) is 4.82. The van der Waals surface area contributed by atoms with E-state index in [4.69, 9.17) is 4.74 Å². The van der Waals surface area contributed by atoms with Crippen LogP contribution in [0.2, 0.25) is 0 Å². The van der Waals surface area contributed by atoms with Crippen LogP contribution in [0.4, 0.5) is 11.4 Å². The van der Waals surface area contributed by atoms with Crippen molar-refractivity contribution in [1.29, 1.82) is 0 Å². The molecule has 2 aliphatic heterocycles. The average molecular weight is 559 g/mol. The summed E-state index contributed by atoms with van der Waals surface area (Å²) in [7, 11) is -3.69. The second-order valence-electron chi connectivity index (χ2n) is 10.6. The van der Waals surface area contributed by atoms with E-state index < -0.39 is 10.0 Å². The summed E-state index contributed by atoms with van der Waals surface area (Å²) in [5, 5.41) is 6.39. The molecule has 3 N–H and O–H groups in total. The van der Waals surface area contributed by atoms with Crippen molar-refractivity contribution in [2.45, 2.75) is 30.7 Å². The summed E-state index contributed by atoms with van der Waals surface area (Å²) in [6.07, 6.45) is 3.15. The second kappa shape index (κ2) is 11.5. The van der Waals surface area contributed by atoms with Gasteiger partial charge < -0.3 is 15.4 Å². The third-order valence-electron chi connectivity index (χ3n) is 7.56. The van der Waals surface area contributed by atoms with Crippen molar-refractivity contribution in [3.05, 3.63) is 89.5 Å². The molecule has 8 nitrogen and oxygen atoms in total. The Hall–Kier alpha value is -3.50. The standard InChI is InChI=1S/C31H34N4O4S/c36-31-29(27-19-26(13-14-28(27)34-31)40(37,38)32-20-22-7-8-22)30(24-5-2-1-3-6-24)33-25-11-9-23(10-12-25)21-35-15-4-17-39-18-16-35/h1-3,5-6,9-14,19,22,32-33H,4,7-8,15-18,20-21H2,(H,34,36)/b30-29-. The molecular formula is C31H34N4O4S. The van der Waals surface area contributed by atoms with E-state index in [1.807, 2.05) is 42.5 Å². The summed E-state index contributed by atoms with van der Waals surface area (Å²) in [5.74, 6) is 0.142. The molecule has 208 valence electrons. The Morgan fingerprint density at radius 2 is 1.77 bits per heavy atom. The molecule has 0 unspecified atom stereocenters. The van der Waals surface area contributed by atoms with E-state index in [9.17, 15) is 13.2 Å². The largest absolute Gasteiger partial charge is 0.380 e. The molecule has 1 amide bonds. The van der Waals surface area contributed by atoms with E-state index in [1.54, 1.807) is 18.2 Å². The van der Waals surface area contributed by atoms with Crippen molar-refractivity contribution in [1.82, 2.24) is 9.62 Å². The Bertz CT molecular complexity index is 1510. The number of sulfonamides is 1. The SMILES string of the molecule is O=C1Nc2ccc(S(=O)(=O)NCC3CC3)cc2/C1=C(/Nc1ccc(CN2CCCOCC2)cc1)c1ccccc1. The fourth-order valence-electron chi connectivity index (χ4n) is 5.13. The monoisotopic (exact) mass is 558 g/mol. The van der Waals surface area contributed by atoms with Gasteiger partial charge in [0.15, 0.2) is 0 Å². The zero-order valence-electron chi connectivity index (χ0n) is 22.4. The summed E-state index contributed by atoms with van der Waals surface area (Å²) in [5.41, 5.74) is 5.06. The van der Waals surface area contributed by atoms with Crippen LogP contribution >= 0.6 is 0 Å². The molecular weight excluding hydrogens is 524 g/mol. The molecule has 3 aromatic carbocycles. The number of carbonyl (C=O) groups excluding carboxylic acids is 1. The first-order valence-electron chi connectivity index (χ1n) is 13.9. The molecule has 0 radical (unpaired) electrons. The van der Waals surface area contributed by atoms with E-state index in [-0.39, 0.29) is 10.8 Å². The summed E-state index contributed by atoms with van der Waals surface area (Å²) < 4.78 is 34.3.